The van der Waals surface area contributed by atoms with Crippen LogP contribution in [0.25, 0.3) is 10.9 Å². The summed E-state index contributed by atoms with van der Waals surface area (Å²) in [6.07, 6.45) is 2.38. The molecule has 1 aliphatic carbocycles. The second-order valence-electron chi connectivity index (χ2n) is 9.17. The number of nitrogens with zero attached hydrogens (tertiary/aromatic N) is 1. The van der Waals surface area contributed by atoms with Crippen molar-refractivity contribution in [3.05, 3.63) is 53.7 Å². The molecule has 1 saturated heterocycles. The molecule has 3 heterocycles. The molecule has 0 unspecified atom stereocenters. The third-order valence-electron chi connectivity index (χ3n) is 7.21. The second-order valence-corrected chi connectivity index (χ2v) is 9.17. The number of nitrogens with one attached hydrogen (secondary N) is 2. The Hall–Kier alpha value is -3.68. The van der Waals surface area contributed by atoms with E-state index in [1.807, 2.05) is 36.4 Å². The number of H-pyrrole nitrogens is 1. The number of ether oxygens (including phenoxy) is 2. The number of anilines is 1. The zero-order valence-electron chi connectivity index (χ0n) is 18.1. The van der Waals surface area contributed by atoms with Gasteiger partial charge in [0.05, 0.1) is 5.41 Å². The van der Waals surface area contributed by atoms with E-state index >= 15 is 0 Å². The van der Waals surface area contributed by atoms with Gasteiger partial charge in [-0.15, -0.1) is 0 Å². The molecular weight excluding hydrogens is 422 g/mol. The highest BCUT2D eigenvalue weighted by molar-refractivity contribution is 6.02. The Bertz CT molecular complexity index is 1250. The van der Waals surface area contributed by atoms with Crippen molar-refractivity contribution in [2.45, 2.75) is 37.0 Å². The standard InChI is InChI=1S/C25H25N3O5/c29-23(25(7-8-25)17-1-4-21-22(13-17)33-14-32-21)26-18-2-3-19-16(11-18)12-20(27-19)15-5-9-28(10-6-15)24(30)31/h1-4,11-13,15,27H,5-10,14H2,(H,26,29)(H,30,31). The third kappa shape index (κ3) is 3.46. The van der Waals surface area contributed by atoms with E-state index in [0.717, 1.165) is 59.3 Å². The zero-order valence-corrected chi connectivity index (χ0v) is 18.1. The first-order valence-electron chi connectivity index (χ1n) is 11.3. The summed E-state index contributed by atoms with van der Waals surface area (Å²) in [6.45, 7) is 1.33. The maximum Gasteiger partial charge on any atom is 0.407 e. The number of carbonyl (C=O) groups excluding carboxylic acids is 1. The van der Waals surface area contributed by atoms with Gasteiger partial charge in [-0.2, -0.15) is 0 Å². The minimum Gasteiger partial charge on any atom is -0.465 e. The first-order valence-corrected chi connectivity index (χ1v) is 11.3. The molecular formula is C25H25N3O5. The molecule has 3 N–H and O–H groups in total. The lowest BCUT2D eigenvalue weighted by atomic mass is 9.93. The molecule has 2 aliphatic heterocycles. The molecule has 1 aromatic heterocycles. The number of hydrogen-bond donors (Lipinski definition) is 3. The van der Waals surface area contributed by atoms with Gasteiger partial charge in [-0.3, -0.25) is 4.79 Å². The van der Waals surface area contributed by atoms with Crippen molar-refractivity contribution >= 4 is 28.6 Å². The summed E-state index contributed by atoms with van der Waals surface area (Å²) in [5.41, 5.74) is 3.35. The smallest absolute Gasteiger partial charge is 0.407 e. The summed E-state index contributed by atoms with van der Waals surface area (Å²) in [5.74, 6) is 1.73. The molecule has 3 aliphatic rings. The van der Waals surface area contributed by atoms with Crippen LogP contribution in [0, 0.1) is 0 Å². The maximum absolute atomic E-state index is 13.2. The largest absolute Gasteiger partial charge is 0.465 e. The minimum atomic E-state index is -0.848. The lowest BCUT2D eigenvalue weighted by Crippen LogP contribution is -2.36. The summed E-state index contributed by atoms with van der Waals surface area (Å²) in [7, 11) is 0. The van der Waals surface area contributed by atoms with Crippen molar-refractivity contribution in [1.29, 1.82) is 0 Å². The molecule has 2 amide bonds. The first-order chi connectivity index (χ1) is 16.0. The maximum atomic E-state index is 13.2. The average Bonchev–Trinajstić information content (AvgIpc) is 3.32. The number of fused-ring (bicyclic) bond motifs is 2. The average molecular weight is 447 g/mol. The molecule has 6 rings (SSSR count). The van der Waals surface area contributed by atoms with Crippen LogP contribution in [0.2, 0.25) is 0 Å². The van der Waals surface area contributed by atoms with E-state index in [2.05, 4.69) is 16.4 Å². The van der Waals surface area contributed by atoms with Crippen molar-refractivity contribution in [1.82, 2.24) is 9.88 Å². The Balaban J connectivity index is 1.18. The van der Waals surface area contributed by atoms with Gasteiger partial charge in [0.15, 0.2) is 11.5 Å². The highest BCUT2D eigenvalue weighted by Gasteiger charge is 2.51. The van der Waals surface area contributed by atoms with E-state index in [4.69, 9.17) is 14.6 Å². The minimum absolute atomic E-state index is 0.00230. The molecule has 0 bridgehead atoms. The fraction of sp³-hybridized carbons (Fsp3) is 0.360. The van der Waals surface area contributed by atoms with Crippen LogP contribution >= 0.6 is 0 Å². The Morgan fingerprint density at radius 1 is 1.03 bits per heavy atom. The topological polar surface area (TPSA) is 104 Å². The third-order valence-corrected chi connectivity index (χ3v) is 7.21. The molecule has 8 heteroatoms. The van der Waals surface area contributed by atoms with E-state index in [9.17, 15) is 9.59 Å². The van der Waals surface area contributed by atoms with E-state index in [1.54, 1.807) is 0 Å². The normalized spacial score (nSPS) is 19.0. The van der Waals surface area contributed by atoms with E-state index in [1.165, 1.54) is 4.90 Å². The van der Waals surface area contributed by atoms with Gasteiger partial charge in [-0.05, 0) is 67.6 Å². The zero-order chi connectivity index (χ0) is 22.6. The Kier molecular flexibility index (Phi) is 4.50. The van der Waals surface area contributed by atoms with Crippen LogP contribution < -0.4 is 14.8 Å². The van der Waals surface area contributed by atoms with Crippen LogP contribution in [-0.2, 0) is 10.2 Å². The van der Waals surface area contributed by atoms with Gasteiger partial charge >= 0.3 is 6.09 Å². The number of carbonyl (C=O) groups is 2. The molecule has 0 spiro atoms. The SMILES string of the molecule is O=C(O)N1CCC(c2cc3cc(NC(=O)C4(c5ccc6c(c5)OCO6)CC4)ccc3[nH]2)CC1. The van der Waals surface area contributed by atoms with Crippen molar-refractivity contribution in [2.75, 3.05) is 25.2 Å². The van der Waals surface area contributed by atoms with E-state index < -0.39 is 11.5 Å². The van der Waals surface area contributed by atoms with Gasteiger partial charge in [0.2, 0.25) is 12.7 Å². The predicted molar refractivity (Wildman–Crippen MR) is 122 cm³/mol. The molecule has 2 fully saturated rings. The molecule has 8 nitrogen and oxygen atoms in total. The van der Waals surface area contributed by atoms with Gasteiger partial charge in [0, 0.05) is 41.3 Å². The summed E-state index contributed by atoms with van der Waals surface area (Å²) >= 11 is 0. The molecule has 0 radical (unpaired) electrons. The number of rotatable bonds is 4. The lowest BCUT2D eigenvalue weighted by Gasteiger charge is -2.29. The molecule has 2 aromatic carbocycles. The number of aromatic nitrogens is 1. The van der Waals surface area contributed by atoms with Crippen LogP contribution in [0.5, 0.6) is 11.5 Å². The summed E-state index contributed by atoms with van der Waals surface area (Å²) in [5, 5.41) is 13.3. The summed E-state index contributed by atoms with van der Waals surface area (Å²) in [6, 6.07) is 13.8. The quantitative estimate of drug-likeness (QED) is 0.549. The van der Waals surface area contributed by atoms with Crippen molar-refractivity contribution in [3.63, 3.8) is 0 Å². The first kappa shape index (κ1) is 20.0. The highest BCUT2D eigenvalue weighted by Crippen LogP contribution is 2.51. The number of carboxylic acid groups (broad SMARTS) is 1. The van der Waals surface area contributed by atoms with Crippen molar-refractivity contribution in [2.24, 2.45) is 0 Å². The second kappa shape index (κ2) is 7.43. The lowest BCUT2D eigenvalue weighted by molar-refractivity contribution is -0.118. The molecule has 0 atom stereocenters. The molecule has 1 saturated carbocycles. The van der Waals surface area contributed by atoms with Gasteiger partial charge in [-0.1, -0.05) is 6.07 Å². The van der Waals surface area contributed by atoms with Gasteiger partial charge in [-0.25, -0.2) is 4.79 Å². The number of amides is 2. The number of piperidine rings is 1. The number of hydrogen-bond acceptors (Lipinski definition) is 4. The summed E-state index contributed by atoms with van der Waals surface area (Å²) < 4.78 is 10.9. The van der Waals surface area contributed by atoms with Crippen LogP contribution in [0.1, 0.15) is 42.9 Å². The Morgan fingerprint density at radius 3 is 2.58 bits per heavy atom. The predicted octanol–water partition coefficient (Wildman–Crippen LogP) is 4.42. The fourth-order valence-electron chi connectivity index (χ4n) is 5.05. The molecule has 33 heavy (non-hydrogen) atoms. The number of likely N-dealkylation sites (tertiary alicyclic amines) is 1. The fourth-order valence-corrected chi connectivity index (χ4v) is 5.05. The van der Waals surface area contributed by atoms with Gasteiger partial charge in [0.1, 0.15) is 0 Å². The number of benzene rings is 2. The van der Waals surface area contributed by atoms with Crippen molar-refractivity contribution in [3.8, 4) is 11.5 Å². The Labute approximate surface area is 190 Å². The highest BCUT2D eigenvalue weighted by atomic mass is 16.7. The van der Waals surface area contributed by atoms with E-state index in [-0.39, 0.29) is 12.7 Å². The monoisotopic (exact) mass is 447 g/mol. The van der Waals surface area contributed by atoms with Crippen LogP contribution in [0.15, 0.2) is 42.5 Å². The molecule has 170 valence electrons. The van der Waals surface area contributed by atoms with Crippen LogP contribution in [-0.4, -0.2) is 46.9 Å². The van der Waals surface area contributed by atoms with Gasteiger partial charge in [0.25, 0.3) is 0 Å². The number of aromatic amines is 1. The molecule has 3 aromatic rings. The van der Waals surface area contributed by atoms with Crippen LogP contribution in [0.4, 0.5) is 10.5 Å². The Morgan fingerprint density at radius 2 is 1.82 bits per heavy atom. The van der Waals surface area contributed by atoms with E-state index in [0.29, 0.717) is 24.8 Å². The van der Waals surface area contributed by atoms with Gasteiger partial charge < -0.3 is 29.8 Å². The summed E-state index contributed by atoms with van der Waals surface area (Å²) in [4.78, 5) is 29.3. The van der Waals surface area contributed by atoms with Crippen molar-refractivity contribution < 1.29 is 24.2 Å². The van der Waals surface area contributed by atoms with Crippen LogP contribution in [0.3, 0.4) is 0 Å².